The monoisotopic (exact) mass is 355 g/mol. The smallest absolute Gasteiger partial charge is 0.407 e. The van der Waals surface area contributed by atoms with Gasteiger partial charge < -0.3 is 20.3 Å². The van der Waals surface area contributed by atoms with Gasteiger partial charge in [0.05, 0.1) is 6.54 Å². The van der Waals surface area contributed by atoms with E-state index in [-0.39, 0.29) is 11.4 Å². The molecule has 0 spiro atoms. The Morgan fingerprint density at radius 2 is 1.80 bits per heavy atom. The van der Waals surface area contributed by atoms with Crippen molar-refractivity contribution in [2.45, 2.75) is 84.9 Å². The molecule has 0 aromatic carbocycles. The molecule has 6 nitrogen and oxygen atoms in total. The highest BCUT2D eigenvalue weighted by Crippen LogP contribution is 2.26. The first-order chi connectivity index (χ1) is 11.5. The van der Waals surface area contributed by atoms with Crippen LogP contribution in [0.5, 0.6) is 0 Å². The largest absolute Gasteiger partial charge is 0.444 e. The SMILES string of the molecule is CCN(C(=O)CNC(C)(CNC(=O)OC(C)(C)C)CC(C)C)C1CC1. The van der Waals surface area contributed by atoms with Crippen molar-refractivity contribution < 1.29 is 14.3 Å². The number of hydrogen-bond acceptors (Lipinski definition) is 4. The molecule has 0 bridgehead atoms. The number of carbonyl (C=O) groups is 2. The first kappa shape index (κ1) is 21.7. The minimum Gasteiger partial charge on any atom is -0.444 e. The van der Waals surface area contributed by atoms with Crippen LogP contribution >= 0.6 is 0 Å². The van der Waals surface area contributed by atoms with Crippen LogP contribution in [0.3, 0.4) is 0 Å². The zero-order valence-electron chi connectivity index (χ0n) is 17.1. The summed E-state index contributed by atoms with van der Waals surface area (Å²) in [6, 6.07) is 0.426. The van der Waals surface area contributed by atoms with Gasteiger partial charge >= 0.3 is 6.09 Å². The lowest BCUT2D eigenvalue weighted by molar-refractivity contribution is -0.131. The van der Waals surface area contributed by atoms with E-state index in [4.69, 9.17) is 4.74 Å². The fourth-order valence-electron chi connectivity index (χ4n) is 3.10. The zero-order valence-corrected chi connectivity index (χ0v) is 17.1. The highest BCUT2D eigenvalue weighted by Gasteiger charge is 2.33. The number of likely N-dealkylation sites (N-methyl/N-ethyl adjacent to an activating group) is 1. The van der Waals surface area contributed by atoms with Gasteiger partial charge in [-0.1, -0.05) is 13.8 Å². The Kier molecular flexibility index (Phi) is 7.72. The van der Waals surface area contributed by atoms with Crippen molar-refractivity contribution in [3.63, 3.8) is 0 Å². The zero-order chi connectivity index (χ0) is 19.3. The third-order valence-corrected chi connectivity index (χ3v) is 4.20. The first-order valence-corrected chi connectivity index (χ1v) is 9.47. The molecule has 1 saturated carbocycles. The van der Waals surface area contributed by atoms with E-state index >= 15 is 0 Å². The number of carbonyl (C=O) groups excluding carboxylic acids is 2. The molecule has 1 fully saturated rings. The van der Waals surface area contributed by atoms with Crippen molar-refractivity contribution in [2.24, 2.45) is 5.92 Å². The Morgan fingerprint density at radius 3 is 2.24 bits per heavy atom. The van der Waals surface area contributed by atoms with Crippen molar-refractivity contribution in [2.75, 3.05) is 19.6 Å². The second kappa shape index (κ2) is 8.88. The molecule has 0 aromatic rings. The molecule has 0 aliphatic heterocycles. The summed E-state index contributed by atoms with van der Waals surface area (Å²) in [6.45, 7) is 15.3. The summed E-state index contributed by atoms with van der Waals surface area (Å²) in [5.41, 5.74) is -0.877. The van der Waals surface area contributed by atoms with Crippen LogP contribution in [0.1, 0.15) is 67.7 Å². The Morgan fingerprint density at radius 1 is 1.20 bits per heavy atom. The van der Waals surface area contributed by atoms with E-state index in [2.05, 4.69) is 24.5 Å². The molecule has 1 rings (SSSR count). The van der Waals surface area contributed by atoms with Gasteiger partial charge in [0.2, 0.25) is 5.91 Å². The van der Waals surface area contributed by atoms with Gasteiger partial charge in [-0.05, 0) is 59.8 Å². The quantitative estimate of drug-likeness (QED) is 0.667. The van der Waals surface area contributed by atoms with E-state index in [1.54, 1.807) is 0 Å². The van der Waals surface area contributed by atoms with Crippen LogP contribution in [0.4, 0.5) is 4.79 Å². The maximum atomic E-state index is 12.5. The summed E-state index contributed by atoms with van der Waals surface area (Å²) in [5.74, 6) is 0.580. The Hall–Kier alpha value is -1.30. The summed E-state index contributed by atoms with van der Waals surface area (Å²) in [7, 11) is 0. The van der Waals surface area contributed by atoms with E-state index in [1.165, 1.54) is 0 Å². The van der Waals surface area contributed by atoms with E-state index in [0.29, 0.717) is 25.0 Å². The molecule has 1 unspecified atom stereocenters. The lowest BCUT2D eigenvalue weighted by Gasteiger charge is -2.34. The third kappa shape index (κ3) is 8.56. The van der Waals surface area contributed by atoms with Crippen molar-refractivity contribution in [1.29, 1.82) is 0 Å². The molecule has 0 heterocycles. The van der Waals surface area contributed by atoms with Crippen LogP contribution < -0.4 is 10.6 Å². The number of ether oxygens (including phenoxy) is 1. The normalized spacial score (nSPS) is 17.1. The maximum Gasteiger partial charge on any atom is 0.407 e. The molecule has 0 aromatic heterocycles. The highest BCUT2D eigenvalue weighted by molar-refractivity contribution is 5.79. The molecule has 2 amide bonds. The second-order valence-electron chi connectivity index (χ2n) is 8.78. The summed E-state index contributed by atoms with van der Waals surface area (Å²) in [6.07, 6.45) is 2.65. The molecule has 1 atom stereocenters. The molecular weight excluding hydrogens is 318 g/mol. The van der Waals surface area contributed by atoms with E-state index in [9.17, 15) is 9.59 Å². The van der Waals surface area contributed by atoms with Gasteiger partial charge in [0, 0.05) is 24.7 Å². The molecule has 0 saturated heterocycles. The minimum atomic E-state index is -0.520. The molecule has 6 heteroatoms. The molecule has 1 aliphatic carbocycles. The lowest BCUT2D eigenvalue weighted by atomic mass is 9.90. The topological polar surface area (TPSA) is 70.7 Å². The van der Waals surface area contributed by atoms with E-state index in [1.807, 2.05) is 39.5 Å². The van der Waals surface area contributed by atoms with Crippen LogP contribution in [-0.2, 0) is 9.53 Å². The number of hydrogen-bond donors (Lipinski definition) is 2. The van der Waals surface area contributed by atoms with Gasteiger partial charge in [-0.3, -0.25) is 4.79 Å². The number of alkyl carbamates (subject to hydrolysis) is 1. The standard InChI is InChI=1S/C19H37N3O3/c1-8-22(15-9-10-15)16(23)12-21-19(7,11-14(2)3)13-20-17(24)25-18(4,5)6/h14-15,21H,8-13H2,1-7H3,(H,20,24). The Labute approximate surface area is 153 Å². The summed E-state index contributed by atoms with van der Waals surface area (Å²) in [5, 5.41) is 6.22. The fourth-order valence-corrected chi connectivity index (χ4v) is 3.10. The predicted octanol–water partition coefficient (Wildman–Crippen LogP) is 2.92. The summed E-state index contributed by atoms with van der Waals surface area (Å²) >= 11 is 0. The average Bonchev–Trinajstić information content (AvgIpc) is 3.26. The summed E-state index contributed by atoms with van der Waals surface area (Å²) in [4.78, 5) is 26.4. The van der Waals surface area contributed by atoms with Gasteiger partial charge in [0.15, 0.2) is 0 Å². The maximum absolute atomic E-state index is 12.5. The highest BCUT2D eigenvalue weighted by atomic mass is 16.6. The number of amides is 2. The number of nitrogens with one attached hydrogen (secondary N) is 2. The van der Waals surface area contributed by atoms with Crippen LogP contribution in [0.15, 0.2) is 0 Å². The van der Waals surface area contributed by atoms with Crippen molar-refractivity contribution in [3.05, 3.63) is 0 Å². The first-order valence-electron chi connectivity index (χ1n) is 9.47. The Balaban J connectivity index is 2.58. The van der Waals surface area contributed by atoms with Gasteiger partial charge in [0.1, 0.15) is 5.60 Å². The van der Waals surface area contributed by atoms with Crippen molar-refractivity contribution >= 4 is 12.0 Å². The van der Waals surface area contributed by atoms with Crippen LogP contribution in [0.25, 0.3) is 0 Å². The lowest BCUT2D eigenvalue weighted by Crippen LogP contribution is -2.55. The molecule has 1 aliphatic rings. The van der Waals surface area contributed by atoms with Gasteiger partial charge in [-0.25, -0.2) is 4.79 Å². The molecule has 0 radical (unpaired) electrons. The third-order valence-electron chi connectivity index (χ3n) is 4.20. The molecule has 2 N–H and O–H groups in total. The van der Waals surface area contributed by atoms with Crippen molar-refractivity contribution in [1.82, 2.24) is 15.5 Å². The van der Waals surface area contributed by atoms with Crippen LogP contribution in [0.2, 0.25) is 0 Å². The Bertz CT molecular complexity index is 455. The van der Waals surface area contributed by atoms with E-state index in [0.717, 1.165) is 25.8 Å². The second-order valence-corrected chi connectivity index (χ2v) is 8.78. The fraction of sp³-hybridized carbons (Fsp3) is 0.895. The van der Waals surface area contributed by atoms with Crippen LogP contribution in [0, 0.1) is 5.92 Å². The van der Waals surface area contributed by atoms with Gasteiger partial charge in [-0.2, -0.15) is 0 Å². The summed E-state index contributed by atoms with van der Waals surface area (Å²) < 4.78 is 5.31. The average molecular weight is 356 g/mol. The molecular formula is C19H37N3O3. The molecule has 146 valence electrons. The van der Waals surface area contributed by atoms with E-state index < -0.39 is 11.7 Å². The van der Waals surface area contributed by atoms with Crippen molar-refractivity contribution in [3.8, 4) is 0 Å². The van der Waals surface area contributed by atoms with Gasteiger partial charge in [0.25, 0.3) is 0 Å². The predicted molar refractivity (Wildman–Crippen MR) is 101 cm³/mol. The number of nitrogens with zero attached hydrogens (tertiary/aromatic N) is 1. The van der Waals surface area contributed by atoms with Crippen LogP contribution in [-0.4, -0.2) is 53.7 Å². The molecule has 25 heavy (non-hydrogen) atoms. The number of rotatable bonds is 9. The minimum absolute atomic E-state index is 0.136. The van der Waals surface area contributed by atoms with Gasteiger partial charge in [-0.15, -0.1) is 0 Å².